The van der Waals surface area contributed by atoms with Crippen LogP contribution in [0.25, 0.3) is 11.1 Å². The van der Waals surface area contributed by atoms with Crippen LogP contribution in [0, 0.1) is 12.8 Å². The number of ether oxygens (including phenoxy) is 1. The molecule has 198 valence electrons. The summed E-state index contributed by atoms with van der Waals surface area (Å²) in [5.41, 5.74) is 4.00. The van der Waals surface area contributed by atoms with Gasteiger partial charge in [-0.3, -0.25) is 4.79 Å². The third kappa shape index (κ3) is 9.81. The topological polar surface area (TPSA) is 95.9 Å². The van der Waals surface area contributed by atoms with E-state index in [0.717, 1.165) is 28.7 Å². The Bertz CT molecular complexity index is 1020. The van der Waals surface area contributed by atoms with Crippen molar-refractivity contribution in [2.24, 2.45) is 5.92 Å². The minimum Gasteiger partial charge on any atom is -1.00 e. The Balaban J connectivity index is 0.00000361. The minimum atomic E-state index is -1.04. The van der Waals surface area contributed by atoms with Crippen LogP contribution in [0.3, 0.4) is 0 Å². The Morgan fingerprint density at radius 3 is 2.54 bits per heavy atom. The summed E-state index contributed by atoms with van der Waals surface area (Å²) in [4.78, 5) is 24.9. The number of thioether (sulfide) groups is 1. The molecule has 2 aromatic rings. The van der Waals surface area contributed by atoms with Crippen LogP contribution >= 0.6 is 11.8 Å². The number of aryl methyl sites for hydroxylation is 1. The van der Waals surface area contributed by atoms with Gasteiger partial charge in [-0.05, 0) is 72.1 Å². The summed E-state index contributed by atoms with van der Waals surface area (Å²) >= 11 is 1.55. The molecule has 3 rings (SSSR count). The Morgan fingerprint density at radius 2 is 1.86 bits per heavy atom. The van der Waals surface area contributed by atoms with E-state index < -0.39 is 24.0 Å². The molecule has 8 heteroatoms. The summed E-state index contributed by atoms with van der Waals surface area (Å²) in [6, 6.07) is 12.4. The first-order chi connectivity index (χ1) is 17.4. The third-order valence-corrected chi connectivity index (χ3v) is 7.53. The number of carbonyl (C=O) groups excluding carboxylic acids is 1. The van der Waals surface area contributed by atoms with Crippen LogP contribution in [0.4, 0.5) is 0 Å². The fourth-order valence-electron chi connectivity index (χ4n) is 4.89. The Hall–Kier alpha value is -1.75. The Kier molecular flexibility index (Phi) is 13.8. The summed E-state index contributed by atoms with van der Waals surface area (Å²) in [6.45, 7) is 2.60. The van der Waals surface area contributed by atoms with E-state index >= 15 is 0 Å². The number of aliphatic carboxylic acids is 1. The minimum absolute atomic E-state index is 0. The van der Waals surface area contributed by atoms with Gasteiger partial charge >= 0.3 is 24.8 Å². The van der Waals surface area contributed by atoms with E-state index in [4.69, 9.17) is 4.74 Å². The molecule has 0 aromatic heterocycles. The Morgan fingerprint density at radius 1 is 1.14 bits per heavy atom. The number of aliphatic hydroxyl groups is 1. The molecular formula is C29H40LiNO5S. The maximum Gasteiger partial charge on any atom is 1.00 e. The van der Waals surface area contributed by atoms with Crippen LogP contribution in [0.5, 0.6) is 0 Å². The summed E-state index contributed by atoms with van der Waals surface area (Å²) in [5.74, 6) is -0.206. The summed E-state index contributed by atoms with van der Waals surface area (Å²) in [7, 11) is 0. The molecule has 1 saturated carbocycles. The quantitative estimate of drug-likeness (QED) is 0.351. The number of carbonyl (C=O) groups is 2. The van der Waals surface area contributed by atoms with Crippen LogP contribution < -0.4 is 24.2 Å². The molecule has 2 aromatic carbocycles. The maximum atomic E-state index is 13.2. The second kappa shape index (κ2) is 16.3. The predicted molar refractivity (Wildman–Crippen MR) is 146 cm³/mol. The zero-order valence-electron chi connectivity index (χ0n) is 23.4. The molecular weight excluding hydrogens is 481 g/mol. The van der Waals surface area contributed by atoms with Crippen molar-refractivity contribution in [1.29, 1.82) is 0 Å². The number of amides is 1. The number of hydrogen-bond donors (Lipinski definition) is 3. The van der Waals surface area contributed by atoms with Crippen molar-refractivity contribution in [1.82, 2.24) is 5.32 Å². The van der Waals surface area contributed by atoms with Crippen LogP contribution in [0.1, 0.15) is 67.9 Å². The maximum absolute atomic E-state index is 13.2. The van der Waals surface area contributed by atoms with E-state index in [1.54, 1.807) is 17.8 Å². The molecule has 2 atom stereocenters. The van der Waals surface area contributed by atoms with Crippen LogP contribution in [-0.4, -0.2) is 52.9 Å². The average molecular weight is 522 g/mol. The smallest absolute Gasteiger partial charge is 1.00 e. The van der Waals surface area contributed by atoms with Gasteiger partial charge in [0.15, 0.2) is 0 Å². The normalized spacial score (nSPS) is 15.4. The molecule has 1 aliphatic rings. The molecule has 1 unspecified atom stereocenters. The summed E-state index contributed by atoms with van der Waals surface area (Å²) in [5, 5.41) is 22.7. The largest absolute Gasteiger partial charge is 1.00 e. The van der Waals surface area contributed by atoms with E-state index in [2.05, 4.69) is 5.32 Å². The third-order valence-electron chi connectivity index (χ3n) is 6.89. The van der Waals surface area contributed by atoms with Crippen molar-refractivity contribution in [2.75, 3.05) is 18.6 Å². The van der Waals surface area contributed by atoms with E-state index in [9.17, 15) is 19.8 Å². The van der Waals surface area contributed by atoms with Crippen molar-refractivity contribution >= 4 is 23.6 Å². The molecule has 1 amide bonds. The van der Waals surface area contributed by atoms with Crippen molar-refractivity contribution in [3.8, 4) is 11.1 Å². The van der Waals surface area contributed by atoms with Gasteiger partial charge < -0.3 is 21.7 Å². The van der Waals surface area contributed by atoms with Crippen molar-refractivity contribution in [3.05, 3.63) is 59.2 Å². The predicted octanol–water partition coefficient (Wildman–Crippen LogP) is 2.56. The first-order valence-electron chi connectivity index (χ1n) is 12.9. The van der Waals surface area contributed by atoms with E-state index in [0.29, 0.717) is 30.3 Å². The molecule has 37 heavy (non-hydrogen) atoms. The van der Waals surface area contributed by atoms with Crippen LogP contribution in [0.2, 0.25) is 0 Å². The molecule has 1 fully saturated rings. The van der Waals surface area contributed by atoms with E-state index in [-0.39, 0.29) is 26.9 Å². The van der Waals surface area contributed by atoms with E-state index in [1.807, 2.05) is 49.6 Å². The number of hydrogen-bond acceptors (Lipinski definition) is 5. The number of benzene rings is 2. The molecule has 1 aliphatic carbocycles. The summed E-state index contributed by atoms with van der Waals surface area (Å²) in [6.07, 6.45) is 8.78. The SMILES string of the molecule is CSCC[C@H](NC(=O)c1ccc(COCC(O)CC2CCCCC2)cc1-c1ccccc1C)C(=O)O.[H-].[Li+]. The molecule has 6 nitrogen and oxygen atoms in total. The van der Waals surface area contributed by atoms with Gasteiger partial charge in [0.25, 0.3) is 5.91 Å². The molecule has 0 saturated heterocycles. The fourth-order valence-corrected chi connectivity index (χ4v) is 5.37. The van der Waals surface area contributed by atoms with Crippen molar-refractivity contribution in [2.45, 2.75) is 70.6 Å². The molecule has 3 N–H and O–H groups in total. The zero-order valence-corrected chi connectivity index (χ0v) is 23.2. The number of aliphatic hydroxyl groups excluding tert-OH is 1. The molecule has 0 radical (unpaired) electrons. The molecule has 0 heterocycles. The first-order valence-corrected chi connectivity index (χ1v) is 14.3. The van der Waals surface area contributed by atoms with Gasteiger partial charge in [-0.2, -0.15) is 11.8 Å². The second-order valence-corrected chi connectivity index (χ2v) is 10.7. The van der Waals surface area contributed by atoms with Crippen LogP contribution in [-0.2, 0) is 16.1 Å². The number of nitrogens with one attached hydrogen (secondary N) is 1. The van der Waals surface area contributed by atoms with Gasteiger partial charge in [-0.15, -0.1) is 0 Å². The molecule has 0 bridgehead atoms. The average Bonchev–Trinajstić information content (AvgIpc) is 2.87. The number of rotatable bonds is 13. The first kappa shape index (κ1) is 31.5. The van der Waals surface area contributed by atoms with Gasteiger partial charge in [-0.25, -0.2) is 4.79 Å². The van der Waals surface area contributed by atoms with E-state index in [1.165, 1.54) is 32.1 Å². The van der Waals surface area contributed by atoms with Gasteiger partial charge in [0.2, 0.25) is 0 Å². The summed E-state index contributed by atoms with van der Waals surface area (Å²) < 4.78 is 5.85. The van der Waals surface area contributed by atoms with Gasteiger partial charge in [0.1, 0.15) is 6.04 Å². The number of carboxylic acid groups (broad SMARTS) is 1. The second-order valence-electron chi connectivity index (χ2n) is 9.75. The van der Waals surface area contributed by atoms with Crippen molar-refractivity contribution in [3.63, 3.8) is 0 Å². The van der Waals surface area contributed by atoms with Gasteiger partial charge in [-0.1, -0.05) is 62.4 Å². The number of carboxylic acids is 1. The monoisotopic (exact) mass is 521 g/mol. The van der Waals surface area contributed by atoms with Crippen LogP contribution in [0.15, 0.2) is 42.5 Å². The zero-order chi connectivity index (χ0) is 25.9. The molecule has 0 aliphatic heterocycles. The standard InChI is InChI=1S/C29H39NO5S.Li.H/c1-20-8-6-7-11-24(20)26-17-22(18-35-19-23(31)16-21-9-4-3-5-10-21)12-13-25(26)28(32)30-27(29(33)34)14-15-36-2;;/h6-8,11-13,17,21,23,27,31H,3-5,9-10,14-16,18-19H2,1-2H3,(H,30,32)(H,33,34);;/q;+1;-1/t23?,27-;;/m0../s1. The van der Waals surface area contributed by atoms with Crippen molar-refractivity contribution < 1.29 is 44.8 Å². The molecule has 0 spiro atoms. The Labute approximate surface area is 238 Å². The van der Waals surface area contributed by atoms with Gasteiger partial charge in [0, 0.05) is 5.56 Å². The van der Waals surface area contributed by atoms with Gasteiger partial charge in [0.05, 0.1) is 19.3 Å². The fraction of sp³-hybridized carbons (Fsp3) is 0.517.